The molecule has 2 heterocycles. The molecule has 1 aromatic heterocycles. The molecule has 0 saturated carbocycles. The van der Waals surface area contributed by atoms with E-state index in [0.717, 1.165) is 16.9 Å². The number of nitrogens with zero attached hydrogens (tertiary/aromatic N) is 2. The van der Waals surface area contributed by atoms with Crippen molar-refractivity contribution in [1.29, 1.82) is 0 Å². The van der Waals surface area contributed by atoms with E-state index in [1.807, 2.05) is 30.3 Å². The molecule has 0 aliphatic carbocycles. The van der Waals surface area contributed by atoms with Crippen molar-refractivity contribution in [3.8, 4) is 34.4 Å². The highest BCUT2D eigenvalue weighted by Gasteiger charge is 2.17. The quantitative estimate of drug-likeness (QED) is 0.727. The van der Waals surface area contributed by atoms with E-state index in [2.05, 4.69) is 10.2 Å². The number of nitrogen functional groups attached to an aromatic ring is 1. The van der Waals surface area contributed by atoms with Gasteiger partial charge in [0, 0.05) is 16.8 Å². The summed E-state index contributed by atoms with van der Waals surface area (Å²) < 4.78 is 16.3. The van der Waals surface area contributed by atoms with Crippen LogP contribution in [0.25, 0.3) is 22.9 Å². The molecule has 0 unspecified atom stereocenters. The Hall–Kier alpha value is -3.02. The van der Waals surface area contributed by atoms with Gasteiger partial charge in [0.25, 0.3) is 0 Å². The molecule has 2 aromatic carbocycles. The van der Waals surface area contributed by atoms with Crippen LogP contribution < -0.4 is 15.2 Å². The van der Waals surface area contributed by atoms with Crippen LogP contribution in [0.2, 0.25) is 0 Å². The molecular weight excluding hydrogens is 270 g/mol. The number of anilines is 1. The third kappa shape index (κ3) is 2.06. The summed E-state index contributed by atoms with van der Waals surface area (Å²) >= 11 is 0. The van der Waals surface area contributed by atoms with Crippen LogP contribution in [0.5, 0.6) is 11.5 Å². The van der Waals surface area contributed by atoms with E-state index in [-0.39, 0.29) is 6.79 Å². The molecule has 0 bridgehead atoms. The summed E-state index contributed by atoms with van der Waals surface area (Å²) in [4.78, 5) is 0. The molecule has 0 spiro atoms. The molecule has 0 radical (unpaired) electrons. The average Bonchev–Trinajstić information content (AvgIpc) is 3.16. The van der Waals surface area contributed by atoms with Crippen LogP contribution in [0.15, 0.2) is 46.9 Å². The number of hydrogen-bond acceptors (Lipinski definition) is 6. The van der Waals surface area contributed by atoms with Gasteiger partial charge < -0.3 is 19.6 Å². The van der Waals surface area contributed by atoms with E-state index in [1.54, 1.807) is 12.1 Å². The number of rotatable bonds is 2. The van der Waals surface area contributed by atoms with Crippen molar-refractivity contribution < 1.29 is 13.9 Å². The number of fused-ring (bicyclic) bond motifs is 1. The normalized spacial score (nSPS) is 12.6. The van der Waals surface area contributed by atoms with Crippen molar-refractivity contribution in [2.75, 3.05) is 12.5 Å². The Bertz CT molecular complexity index is 796. The highest BCUT2D eigenvalue weighted by molar-refractivity contribution is 5.63. The first-order valence-corrected chi connectivity index (χ1v) is 6.39. The molecule has 0 saturated heterocycles. The first-order valence-electron chi connectivity index (χ1n) is 6.39. The van der Waals surface area contributed by atoms with Crippen LogP contribution in [0.3, 0.4) is 0 Å². The minimum absolute atomic E-state index is 0.235. The molecule has 3 aromatic rings. The summed E-state index contributed by atoms with van der Waals surface area (Å²) in [6.45, 7) is 0.235. The molecule has 6 nitrogen and oxygen atoms in total. The Labute approximate surface area is 120 Å². The highest BCUT2D eigenvalue weighted by atomic mass is 16.7. The maximum Gasteiger partial charge on any atom is 0.248 e. The zero-order chi connectivity index (χ0) is 14.2. The molecule has 0 amide bonds. The smallest absolute Gasteiger partial charge is 0.248 e. The van der Waals surface area contributed by atoms with Gasteiger partial charge in [-0.2, -0.15) is 0 Å². The molecule has 21 heavy (non-hydrogen) atoms. The Morgan fingerprint density at radius 3 is 2.29 bits per heavy atom. The van der Waals surface area contributed by atoms with Crippen molar-refractivity contribution in [2.24, 2.45) is 0 Å². The van der Waals surface area contributed by atoms with Crippen molar-refractivity contribution >= 4 is 5.69 Å². The average molecular weight is 281 g/mol. The van der Waals surface area contributed by atoms with E-state index >= 15 is 0 Å². The predicted molar refractivity (Wildman–Crippen MR) is 75.7 cm³/mol. The molecule has 104 valence electrons. The second-order valence-electron chi connectivity index (χ2n) is 4.60. The molecular formula is C15H11N3O3. The van der Waals surface area contributed by atoms with E-state index in [9.17, 15) is 0 Å². The lowest BCUT2D eigenvalue weighted by molar-refractivity contribution is 0.174. The van der Waals surface area contributed by atoms with Gasteiger partial charge in [-0.05, 0) is 42.5 Å². The van der Waals surface area contributed by atoms with Crippen molar-refractivity contribution in [1.82, 2.24) is 10.2 Å². The number of hydrogen-bond donors (Lipinski definition) is 1. The molecule has 6 heteroatoms. The van der Waals surface area contributed by atoms with Crippen LogP contribution in [0, 0.1) is 0 Å². The summed E-state index contributed by atoms with van der Waals surface area (Å²) in [6.07, 6.45) is 0. The van der Waals surface area contributed by atoms with Crippen LogP contribution in [-0.2, 0) is 0 Å². The van der Waals surface area contributed by atoms with Gasteiger partial charge in [0.1, 0.15) is 0 Å². The summed E-state index contributed by atoms with van der Waals surface area (Å²) in [5, 5.41) is 8.12. The molecule has 4 rings (SSSR count). The highest BCUT2D eigenvalue weighted by Crippen LogP contribution is 2.36. The first-order chi connectivity index (χ1) is 10.3. The summed E-state index contributed by atoms with van der Waals surface area (Å²) in [6, 6.07) is 12.8. The van der Waals surface area contributed by atoms with Crippen molar-refractivity contribution in [3.05, 3.63) is 42.5 Å². The van der Waals surface area contributed by atoms with Crippen LogP contribution in [-0.4, -0.2) is 17.0 Å². The summed E-state index contributed by atoms with van der Waals surface area (Å²) in [5.74, 6) is 2.28. The van der Waals surface area contributed by atoms with Gasteiger partial charge in [-0.1, -0.05) is 0 Å². The fraction of sp³-hybridized carbons (Fsp3) is 0.0667. The van der Waals surface area contributed by atoms with Gasteiger partial charge in [0.05, 0.1) is 0 Å². The standard InChI is InChI=1S/C15H11N3O3/c16-11-4-1-9(2-5-11)14-17-18-15(21-14)10-3-6-12-13(7-10)20-8-19-12/h1-7H,8,16H2. The number of nitrogens with two attached hydrogens (primary N) is 1. The molecule has 2 N–H and O–H groups in total. The fourth-order valence-corrected chi connectivity index (χ4v) is 2.11. The third-order valence-electron chi connectivity index (χ3n) is 3.20. The van der Waals surface area contributed by atoms with Gasteiger partial charge in [0.15, 0.2) is 11.5 Å². The summed E-state index contributed by atoms with van der Waals surface area (Å²) in [7, 11) is 0. The molecule has 0 fully saturated rings. The number of aromatic nitrogens is 2. The second kappa shape index (κ2) is 4.52. The minimum Gasteiger partial charge on any atom is -0.454 e. The lowest BCUT2D eigenvalue weighted by Crippen LogP contribution is -1.92. The van der Waals surface area contributed by atoms with Crippen LogP contribution >= 0.6 is 0 Å². The van der Waals surface area contributed by atoms with E-state index < -0.39 is 0 Å². The lowest BCUT2D eigenvalue weighted by Gasteiger charge is -1.98. The Morgan fingerprint density at radius 1 is 0.810 bits per heavy atom. The van der Waals surface area contributed by atoms with Crippen LogP contribution in [0.1, 0.15) is 0 Å². The first kappa shape index (κ1) is 11.8. The Morgan fingerprint density at radius 2 is 1.48 bits per heavy atom. The largest absolute Gasteiger partial charge is 0.454 e. The van der Waals surface area contributed by atoms with E-state index in [0.29, 0.717) is 23.2 Å². The SMILES string of the molecule is Nc1ccc(-c2nnc(-c3ccc4c(c3)OCO4)o2)cc1. The van der Waals surface area contributed by atoms with Gasteiger partial charge in [-0.25, -0.2) is 0 Å². The molecule has 0 atom stereocenters. The maximum absolute atomic E-state index is 5.70. The van der Waals surface area contributed by atoms with Crippen molar-refractivity contribution in [2.45, 2.75) is 0 Å². The lowest BCUT2D eigenvalue weighted by atomic mass is 10.2. The molecule has 1 aliphatic rings. The molecule has 1 aliphatic heterocycles. The zero-order valence-corrected chi connectivity index (χ0v) is 10.9. The number of benzene rings is 2. The van der Waals surface area contributed by atoms with Gasteiger partial charge >= 0.3 is 0 Å². The van der Waals surface area contributed by atoms with Crippen molar-refractivity contribution in [3.63, 3.8) is 0 Å². The Kier molecular flexibility index (Phi) is 2.53. The third-order valence-corrected chi connectivity index (χ3v) is 3.20. The maximum atomic E-state index is 5.70. The predicted octanol–water partition coefficient (Wildman–Crippen LogP) is 2.71. The Balaban J connectivity index is 1.69. The van der Waals surface area contributed by atoms with E-state index in [1.165, 1.54) is 0 Å². The van der Waals surface area contributed by atoms with E-state index in [4.69, 9.17) is 19.6 Å². The zero-order valence-electron chi connectivity index (χ0n) is 10.9. The van der Waals surface area contributed by atoms with Crippen LogP contribution in [0.4, 0.5) is 5.69 Å². The topological polar surface area (TPSA) is 83.4 Å². The summed E-state index contributed by atoms with van der Waals surface area (Å²) in [5.41, 5.74) is 7.96. The van der Waals surface area contributed by atoms with Gasteiger partial charge in [-0.3, -0.25) is 0 Å². The van der Waals surface area contributed by atoms with Gasteiger partial charge in [0.2, 0.25) is 18.6 Å². The fourth-order valence-electron chi connectivity index (χ4n) is 2.11. The monoisotopic (exact) mass is 281 g/mol. The number of ether oxygens (including phenoxy) is 2. The van der Waals surface area contributed by atoms with Gasteiger partial charge in [-0.15, -0.1) is 10.2 Å². The second-order valence-corrected chi connectivity index (χ2v) is 4.60. The minimum atomic E-state index is 0.235.